The largest absolute Gasteiger partial charge is 0.289 e. The molecule has 2 N–H and O–H groups in total. The van der Waals surface area contributed by atoms with Crippen LogP contribution in [0, 0.1) is 0 Å². The lowest BCUT2D eigenvalue weighted by molar-refractivity contribution is -0.128. The van der Waals surface area contributed by atoms with E-state index >= 15 is 0 Å². The van der Waals surface area contributed by atoms with E-state index in [0.717, 1.165) is 0 Å². The van der Waals surface area contributed by atoms with Gasteiger partial charge in [0.05, 0.1) is 0 Å². The van der Waals surface area contributed by atoms with Gasteiger partial charge in [0.15, 0.2) is 0 Å². The third-order valence-corrected chi connectivity index (χ3v) is 0.700. The lowest BCUT2D eigenvalue weighted by Gasteiger charge is -1.88. The van der Waals surface area contributed by atoms with E-state index in [1.807, 2.05) is 0 Å². The first kappa shape index (κ1) is 7.91. The molecule has 0 unspecified atom stereocenters. The summed E-state index contributed by atoms with van der Waals surface area (Å²) in [5, 5.41) is 7.97. The van der Waals surface area contributed by atoms with Crippen LogP contribution in [-0.2, 0) is 4.79 Å². The van der Waals surface area contributed by atoms with E-state index in [1.54, 1.807) is 18.2 Å². The summed E-state index contributed by atoms with van der Waals surface area (Å²) in [7, 11) is 0. The molecule has 0 aromatic rings. The van der Waals surface area contributed by atoms with Crippen molar-refractivity contribution in [3.8, 4) is 0 Å². The molecule has 0 radical (unpaired) electrons. The van der Waals surface area contributed by atoms with Gasteiger partial charge in [-0.25, -0.2) is 5.48 Å². The van der Waals surface area contributed by atoms with Crippen molar-refractivity contribution >= 4 is 5.91 Å². The van der Waals surface area contributed by atoms with Crippen LogP contribution < -0.4 is 5.48 Å². The van der Waals surface area contributed by atoms with Crippen LogP contribution in [0.4, 0.5) is 0 Å². The van der Waals surface area contributed by atoms with E-state index in [0.29, 0.717) is 0 Å². The fourth-order valence-electron chi connectivity index (χ4n) is 0.317. The number of hydrogen-bond donors (Lipinski definition) is 2. The van der Waals surface area contributed by atoms with Crippen molar-refractivity contribution in [1.82, 2.24) is 5.48 Å². The van der Waals surface area contributed by atoms with Crippen LogP contribution in [0.5, 0.6) is 0 Å². The van der Waals surface area contributed by atoms with Crippen molar-refractivity contribution < 1.29 is 10.0 Å². The molecule has 0 bridgehead atoms. The van der Waals surface area contributed by atoms with Gasteiger partial charge in [0.2, 0.25) is 5.91 Å². The molecule has 1 amide bonds. The maximum atomic E-state index is 10.2. The van der Waals surface area contributed by atoms with Gasteiger partial charge in [-0.15, -0.1) is 0 Å². The molecule has 0 aromatic carbocycles. The SMILES string of the molecule is C=C/C=C/CC(=O)NO. The van der Waals surface area contributed by atoms with E-state index in [1.165, 1.54) is 5.48 Å². The zero-order chi connectivity index (χ0) is 7.11. The Kier molecular flexibility index (Phi) is 4.44. The first-order valence-electron chi connectivity index (χ1n) is 2.51. The van der Waals surface area contributed by atoms with E-state index in [9.17, 15) is 4.79 Å². The quantitative estimate of drug-likeness (QED) is 0.332. The highest BCUT2D eigenvalue weighted by Crippen LogP contribution is 1.81. The molecule has 0 atom stereocenters. The van der Waals surface area contributed by atoms with E-state index in [2.05, 4.69) is 6.58 Å². The highest BCUT2D eigenvalue weighted by Gasteiger charge is 1.90. The van der Waals surface area contributed by atoms with E-state index in [-0.39, 0.29) is 6.42 Å². The van der Waals surface area contributed by atoms with Gasteiger partial charge in [0.25, 0.3) is 0 Å². The van der Waals surface area contributed by atoms with Crippen LogP contribution in [0.15, 0.2) is 24.8 Å². The fourth-order valence-corrected chi connectivity index (χ4v) is 0.317. The Morgan fingerprint density at radius 2 is 2.44 bits per heavy atom. The van der Waals surface area contributed by atoms with Gasteiger partial charge in [-0.1, -0.05) is 24.8 Å². The van der Waals surface area contributed by atoms with Crippen molar-refractivity contribution in [2.24, 2.45) is 0 Å². The minimum Gasteiger partial charge on any atom is -0.289 e. The Morgan fingerprint density at radius 3 is 2.89 bits per heavy atom. The van der Waals surface area contributed by atoms with Gasteiger partial charge in [0, 0.05) is 6.42 Å². The molecule has 3 heteroatoms. The lowest BCUT2D eigenvalue weighted by atomic mass is 10.3. The van der Waals surface area contributed by atoms with Gasteiger partial charge in [-0.05, 0) is 0 Å². The monoisotopic (exact) mass is 127 g/mol. The van der Waals surface area contributed by atoms with E-state index in [4.69, 9.17) is 5.21 Å². The third-order valence-electron chi connectivity index (χ3n) is 0.700. The molecule has 50 valence electrons. The zero-order valence-corrected chi connectivity index (χ0v) is 5.00. The summed E-state index contributed by atoms with van der Waals surface area (Å²) >= 11 is 0. The van der Waals surface area contributed by atoms with Crippen molar-refractivity contribution in [2.75, 3.05) is 0 Å². The molecular formula is C6H9NO2. The summed E-state index contributed by atoms with van der Waals surface area (Å²) in [5.41, 5.74) is 1.50. The maximum absolute atomic E-state index is 10.2. The van der Waals surface area contributed by atoms with Crippen molar-refractivity contribution in [3.05, 3.63) is 24.8 Å². The molecule has 0 spiro atoms. The van der Waals surface area contributed by atoms with E-state index < -0.39 is 5.91 Å². The summed E-state index contributed by atoms with van der Waals surface area (Å²) < 4.78 is 0. The van der Waals surface area contributed by atoms with Crippen molar-refractivity contribution in [2.45, 2.75) is 6.42 Å². The first-order chi connectivity index (χ1) is 4.31. The average molecular weight is 127 g/mol. The molecule has 0 aromatic heterocycles. The number of allylic oxidation sites excluding steroid dienone is 2. The number of nitrogens with one attached hydrogen (secondary N) is 1. The molecule has 9 heavy (non-hydrogen) atoms. The van der Waals surface area contributed by atoms with Gasteiger partial charge in [-0.2, -0.15) is 0 Å². The van der Waals surface area contributed by atoms with Crippen LogP contribution in [-0.4, -0.2) is 11.1 Å². The van der Waals surface area contributed by atoms with Crippen LogP contribution in [0.3, 0.4) is 0 Å². The molecule has 3 nitrogen and oxygen atoms in total. The topological polar surface area (TPSA) is 49.3 Å². The smallest absolute Gasteiger partial charge is 0.247 e. The van der Waals surface area contributed by atoms with Crippen LogP contribution in [0.1, 0.15) is 6.42 Å². The van der Waals surface area contributed by atoms with Crippen LogP contribution in [0.2, 0.25) is 0 Å². The Morgan fingerprint density at radius 1 is 1.78 bits per heavy atom. The molecule has 0 rings (SSSR count). The second-order valence-electron chi connectivity index (χ2n) is 1.40. The molecule has 0 fully saturated rings. The molecule has 0 saturated heterocycles. The zero-order valence-electron chi connectivity index (χ0n) is 5.00. The number of amides is 1. The third kappa shape index (κ3) is 4.77. The maximum Gasteiger partial charge on any atom is 0.247 e. The van der Waals surface area contributed by atoms with Crippen molar-refractivity contribution in [1.29, 1.82) is 0 Å². The average Bonchev–Trinajstić information content (AvgIpc) is 1.89. The fraction of sp³-hybridized carbons (Fsp3) is 0.167. The highest BCUT2D eigenvalue weighted by molar-refractivity contribution is 5.76. The van der Waals surface area contributed by atoms with Crippen LogP contribution in [0.25, 0.3) is 0 Å². The van der Waals surface area contributed by atoms with Gasteiger partial charge in [0.1, 0.15) is 0 Å². The minimum absolute atomic E-state index is 0.183. The molecule has 0 heterocycles. The number of rotatable bonds is 3. The number of carbonyl (C=O) groups excluding carboxylic acids is 1. The minimum atomic E-state index is -0.423. The predicted molar refractivity (Wildman–Crippen MR) is 33.9 cm³/mol. The summed E-state index contributed by atoms with van der Waals surface area (Å²) in [6.07, 6.45) is 4.97. The Labute approximate surface area is 53.6 Å². The predicted octanol–water partition coefficient (Wildman–Crippen LogP) is 0.624. The number of hydrogen-bond acceptors (Lipinski definition) is 2. The summed E-state index contributed by atoms with van der Waals surface area (Å²) in [5.74, 6) is -0.423. The van der Waals surface area contributed by atoms with Gasteiger partial charge >= 0.3 is 0 Å². The molecule has 0 aliphatic carbocycles. The highest BCUT2D eigenvalue weighted by atomic mass is 16.5. The van der Waals surface area contributed by atoms with Gasteiger partial charge < -0.3 is 0 Å². The molecule has 0 saturated carbocycles. The standard InChI is InChI=1S/C6H9NO2/c1-2-3-4-5-6(8)7-9/h2-4,9H,1,5H2,(H,7,8)/b4-3+. The lowest BCUT2D eigenvalue weighted by Crippen LogP contribution is -2.16. The van der Waals surface area contributed by atoms with Crippen LogP contribution >= 0.6 is 0 Å². The molecule has 0 aliphatic rings. The summed E-state index contributed by atoms with van der Waals surface area (Å²) in [6.45, 7) is 3.40. The molecular weight excluding hydrogens is 118 g/mol. The Hall–Kier alpha value is -1.09. The van der Waals surface area contributed by atoms with Gasteiger partial charge in [-0.3, -0.25) is 10.0 Å². The Balaban J connectivity index is 3.37. The molecule has 0 aliphatic heterocycles. The number of carbonyl (C=O) groups is 1. The normalized spacial score (nSPS) is 9.44. The summed E-state index contributed by atoms with van der Waals surface area (Å²) in [4.78, 5) is 10.2. The Bertz CT molecular complexity index is 129. The number of hydroxylamine groups is 1. The second kappa shape index (κ2) is 5.05. The second-order valence-corrected chi connectivity index (χ2v) is 1.40. The van der Waals surface area contributed by atoms with Crippen molar-refractivity contribution in [3.63, 3.8) is 0 Å². The summed E-state index contributed by atoms with van der Waals surface area (Å²) in [6, 6.07) is 0. The first-order valence-corrected chi connectivity index (χ1v) is 2.51.